The number of carbonyl (C=O) groups excluding carboxylic acids is 1. The van der Waals surface area contributed by atoms with Gasteiger partial charge in [0.15, 0.2) is 0 Å². The maximum atomic E-state index is 11.3. The average Bonchev–Trinajstić information content (AvgIpc) is 1.96. The lowest BCUT2D eigenvalue weighted by molar-refractivity contribution is -0.151. The molecule has 0 spiro atoms. The van der Waals surface area contributed by atoms with E-state index in [1.54, 1.807) is 11.8 Å². The quantitative estimate of drug-likeness (QED) is 0.577. The zero-order valence-electron chi connectivity index (χ0n) is 9.84. The smallest absolute Gasteiger partial charge is 0.316 e. The maximum absolute atomic E-state index is 11.3. The van der Waals surface area contributed by atoms with Crippen molar-refractivity contribution in [1.29, 1.82) is 0 Å². The highest BCUT2D eigenvalue weighted by Crippen LogP contribution is 2.14. The van der Waals surface area contributed by atoms with Crippen LogP contribution in [-0.2, 0) is 9.53 Å². The molecule has 1 N–H and O–H groups in total. The van der Waals surface area contributed by atoms with Gasteiger partial charge in [-0.2, -0.15) is 11.8 Å². The van der Waals surface area contributed by atoms with Crippen molar-refractivity contribution in [2.24, 2.45) is 5.92 Å². The Balaban J connectivity index is 1.96. The molecule has 1 aliphatic rings. The molecule has 0 aliphatic carbocycles. The molecule has 0 aromatic carbocycles. The van der Waals surface area contributed by atoms with Gasteiger partial charge >= 0.3 is 5.97 Å². The third kappa shape index (κ3) is 6.05. The van der Waals surface area contributed by atoms with Gasteiger partial charge in [-0.15, -0.1) is 0 Å². The first-order valence-electron chi connectivity index (χ1n) is 5.48. The van der Waals surface area contributed by atoms with E-state index in [0.29, 0.717) is 5.75 Å². The van der Waals surface area contributed by atoms with Crippen molar-refractivity contribution < 1.29 is 9.53 Å². The van der Waals surface area contributed by atoms with Crippen LogP contribution >= 0.6 is 11.8 Å². The number of thioether (sulfide) groups is 1. The highest BCUT2D eigenvalue weighted by molar-refractivity contribution is 7.99. The third-order valence-corrected chi connectivity index (χ3v) is 3.14. The fraction of sp³-hybridized carbons (Fsp3) is 0.909. The maximum Gasteiger partial charge on any atom is 0.316 e. The van der Waals surface area contributed by atoms with Gasteiger partial charge in [0.1, 0.15) is 5.60 Å². The van der Waals surface area contributed by atoms with E-state index in [9.17, 15) is 4.79 Å². The van der Waals surface area contributed by atoms with Crippen LogP contribution in [-0.4, -0.2) is 36.2 Å². The summed E-state index contributed by atoms with van der Waals surface area (Å²) in [6, 6.07) is 0. The van der Waals surface area contributed by atoms with Crippen molar-refractivity contribution in [3.63, 3.8) is 0 Å². The van der Waals surface area contributed by atoms with Crippen LogP contribution in [0, 0.1) is 5.92 Å². The molecule has 1 aliphatic heterocycles. The Morgan fingerprint density at radius 1 is 1.47 bits per heavy atom. The lowest BCUT2D eigenvalue weighted by atomic mass is 10.0. The molecule has 88 valence electrons. The van der Waals surface area contributed by atoms with Crippen LogP contribution in [0.1, 0.15) is 27.2 Å². The Kier molecular flexibility index (Phi) is 4.93. The van der Waals surface area contributed by atoms with Crippen molar-refractivity contribution in [1.82, 2.24) is 5.32 Å². The first-order valence-corrected chi connectivity index (χ1v) is 6.63. The summed E-state index contributed by atoms with van der Waals surface area (Å²) in [7, 11) is 0. The summed E-state index contributed by atoms with van der Waals surface area (Å²) in [6.07, 6.45) is 1.21. The molecule has 0 amide bonds. The van der Waals surface area contributed by atoms with E-state index in [1.807, 2.05) is 20.8 Å². The first-order chi connectivity index (χ1) is 6.97. The summed E-state index contributed by atoms with van der Waals surface area (Å²) < 4.78 is 5.21. The van der Waals surface area contributed by atoms with Crippen molar-refractivity contribution >= 4 is 17.7 Å². The number of hydrogen-bond donors (Lipinski definition) is 1. The van der Waals surface area contributed by atoms with Gasteiger partial charge in [0.2, 0.25) is 0 Å². The van der Waals surface area contributed by atoms with Gasteiger partial charge in [0.25, 0.3) is 0 Å². The molecule has 0 unspecified atom stereocenters. The van der Waals surface area contributed by atoms with E-state index < -0.39 is 0 Å². The summed E-state index contributed by atoms with van der Waals surface area (Å²) in [5, 5.41) is 3.24. The summed E-state index contributed by atoms with van der Waals surface area (Å²) in [5.41, 5.74) is -0.352. The number of esters is 1. The fourth-order valence-electron chi connectivity index (χ4n) is 1.33. The average molecular weight is 231 g/mol. The van der Waals surface area contributed by atoms with Crippen molar-refractivity contribution in [3.05, 3.63) is 0 Å². The highest BCUT2D eigenvalue weighted by atomic mass is 32.2. The molecule has 0 saturated carbocycles. The summed E-state index contributed by atoms with van der Waals surface area (Å²) in [6.45, 7) is 7.99. The van der Waals surface area contributed by atoms with Gasteiger partial charge in [-0.25, -0.2) is 0 Å². The molecular formula is C11H21NO2S. The minimum absolute atomic E-state index is 0.0979. The Bertz CT molecular complexity index is 209. The van der Waals surface area contributed by atoms with Gasteiger partial charge in [-0.1, -0.05) is 0 Å². The van der Waals surface area contributed by atoms with E-state index in [4.69, 9.17) is 4.74 Å². The molecule has 3 nitrogen and oxygen atoms in total. The van der Waals surface area contributed by atoms with E-state index in [1.165, 1.54) is 6.42 Å². The Morgan fingerprint density at radius 3 is 2.60 bits per heavy atom. The number of ether oxygens (including phenoxy) is 1. The van der Waals surface area contributed by atoms with Crippen LogP contribution in [0.5, 0.6) is 0 Å². The van der Waals surface area contributed by atoms with Crippen molar-refractivity contribution in [2.45, 2.75) is 32.8 Å². The molecule has 1 saturated heterocycles. The lowest BCUT2D eigenvalue weighted by Crippen LogP contribution is -2.42. The SMILES string of the molecule is CC(C)(C)OC(=O)CSCCC1CNC1. The molecule has 15 heavy (non-hydrogen) atoms. The van der Waals surface area contributed by atoms with Crippen LogP contribution in [0.4, 0.5) is 0 Å². The second kappa shape index (κ2) is 5.75. The molecule has 4 heteroatoms. The van der Waals surface area contributed by atoms with Crippen LogP contribution < -0.4 is 5.32 Å². The van der Waals surface area contributed by atoms with Gasteiger partial charge in [-0.3, -0.25) is 4.79 Å². The molecule has 1 rings (SSSR count). The van der Waals surface area contributed by atoms with E-state index in [-0.39, 0.29) is 11.6 Å². The van der Waals surface area contributed by atoms with Gasteiger partial charge in [0, 0.05) is 0 Å². The molecule has 0 radical (unpaired) electrons. The van der Waals surface area contributed by atoms with Crippen LogP contribution in [0.15, 0.2) is 0 Å². The fourth-order valence-corrected chi connectivity index (χ4v) is 2.20. The monoisotopic (exact) mass is 231 g/mol. The zero-order valence-corrected chi connectivity index (χ0v) is 10.7. The van der Waals surface area contributed by atoms with Gasteiger partial charge < -0.3 is 10.1 Å². The molecule has 0 bridgehead atoms. The second-order valence-electron chi connectivity index (χ2n) is 4.95. The molecule has 1 fully saturated rings. The first kappa shape index (κ1) is 12.8. The normalized spacial score (nSPS) is 17.3. The van der Waals surface area contributed by atoms with Crippen molar-refractivity contribution in [3.8, 4) is 0 Å². The second-order valence-corrected chi connectivity index (χ2v) is 6.06. The van der Waals surface area contributed by atoms with E-state index in [2.05, 4.69) is 5.32 Å². The van der Waals surface area contributed by atoms with Crippen LogP contribution in [0.2, 0.25) is 0 Å². The molecule has 0 aromatic rings. The largest absolute Gasteiger partial charge is 0.459 e. The minimum atomic E-state index is -0.352. The predicted molar refractivity (Wildman–Crippen MR) is 64.1 cm³/mol. The standard InChI is InChI=1S/C11H21NO2S/c1-11(2,3)14-10(13)8-15-5-4-9-6-12-7-9/h9,12H,4-8H2,1-3H3. The lowest BCUT2D eigenvalue weighted by Gasteiger charge is -2.26. The number of rotatable bonds is 5. The highest BCUT2D eigenvalue weighted by Gasteiger charge is 2.18. The van der Waals surface area contributed by atoms with Gasteiger partial charge in [-0.05, 0) is 52.0 Å². The summed E-state index contributed by atoms with van der Waals surface area (Å²) in [4.78, 5) is 11.3. The van der Waals surface area contributed by atoms with Crippen LogP contribution in [0.3, 0.4) is 0 Å². The summed E-state index contributed by atoms with van der Waals surface area (Å²) >= 11 is 1.68. The Morgan fingerprint density at radius 2 is 2.13 bits per heavy atom. The zero-order chi connectivity index (χ0) is 11.3. The number of carbonyl (C=O) groups is 1. The molecule has 1 heterocycles. The van der Waals surface area contributed by atoms with Crippen molar-refractivity contribution in [2.75, 3.05) is 24.6 Å². The van der Waals surface area contributed by atoms with E-state index in [0.717, 1.165) is 24.8 Å². The van der Waals surface area contributed by atoms with Gasteiger partial charge in [0.05, 0.1) is 5.75 Å². The predicted octanol–water partition coefficient (Wildman–Crippen LogP) is 1.67. The molecule has 0 aromatic heterocycles. The minimum Gasteiger partial charge on any atom is -0.459 e. The number of hydrogen-bond acceptors (Lipinski definition) is 4. The Hall–Kier alpha value is -0.220. The topological polar surface area (TPSA) is 38.3 Å². The third-order valence-electron chi connectivity index (χ3n) is 2.18. The number of nitrogens with one attached hydrogen (secondary N) is 1. The molecule has 0 atom stereocenters. The van der Waals surface area contributed by atoms with E-state index >= 15 is 0 Å². The molecular weight excluding hydrogens is 210 g/mol. The summed E-state index contributed by atoms with van der Waals surface area (Å²) in [5.74, 6) is 2.28. The Labute approximate surface area is 96.3 Å². The van der Waals surface area contributed by atoms with Crippen LogP contribution in [0.25, 0.3) is 0 Å².